The number of nitrogens with two attached hydrogens (primary N) is 1. The predicted octanol–water partition coefficient (Wildman–Crippen LogP) is 1.18. The number of nitrogen functional groups attached to an aromatic ring is 1. The normalized spacial score (nSPS) is 24.7. The summed E-state index contributed by atoms with van der Waals surface area (Å²) < 4.78 is 5.66. The summed E-state index contributed by atoms with van der Waals surface area (Å²) in [6.07, 6.45) is 1.98. The van der Waals surface area contributed by atoms with E-state index in [0.29, 0.717) is 13.1 Å². The number of morpholine rings is 1. The number of rotatable bonds is 2. The number of amides is 1. The zero-order chi connectivity index (χ0) is 14.3. The molecule has 3 rings (SSSR count). The monoisotopic (exact) mass is 277 g/mol. The van der Waals surface area contributed by atoms with Gasteiger partial charge in [-0.05, 0) is 25.0 Å². The van der Waals surface area contributed by atoms with Crippen molar-refractivity contribution in [3.05, 3.63) is 33.9 Å². The van der Waals surface area contributed by atoms with Crippen LogP contribution in [0.15, 0.2) is 18.2 Å². The molecule has 1 aromatic rings. The summed E-state index contributed by atoms with van der Waals surface area (Å²) in [5.41, 5.74) is 5.37. The van der Waals surface area contributed by atoms with E-state index in [2.05, 4.69) is 0 Å². The van der Waals surface area contributed by atoms with Crippen LogP contribution in [0.1, 0.15) is 23.2 Å². The van der Waals surface area contributed by atoms with Gasteiger partial charge in [0, 0.05) is 13.1 Å². The van der Waals surface area contributed by atoms with Gasteiger partial charge < -0.3 is 15.4 Å². The van der Waals surface area contributed by atoms with Gasteiger partial charge in [0.05, 0.1) is 17.1 Å². The number of nitro benzene ring substituents is 1. The molecule has 0 spiro atoms. The van der Waals surface area contributed by atoms with Crippen LogP contribution < -0.4 is 5.73 Å². The molecule has 0 saturated carbocycles. The van der Waals surface area contributed by atoms with E-state index in [0.717, 1.165) is 12.8 Å². The van der Waals surface area contributed by atoms with E-state index >= 15 is 0 Å². The van der Waals surface area contributed by atoms with Gasteiger partial charge in [-0.1, -0.05) is 6.07 Å². The van der Waals surface area contributed by atoms with E-state index in [-0.39, 0.29) is 35.1 Å². The number of nitro groups is 1. The Hall–Kier alpha value is -2.15. The van der Waals surface area contributed by atoms with Crippen molar-refractivity contribution in [1.29, 1.82) is 0 Å². The molecule has 0 radical (unpaired) electrons. The average Bonchev–Trinajstić information content (AvgIpc) is 2.75. The third-order valence-corrected chi connectivity index (χ3v) is 3.81. The molecular formula is C13H15N3O4. The smallest absolute Gasteiger partial charge is 0.304 e. The van der Waals surface area contributed by atoms with Crippen molar-refractivity contribution in [2.45, 2.75) is 25.0 Å². The van der Waals surface area contributed by atoms with E-state index in [1.807, 2.05) is 0 Å². The minimum atomic E-state index is -0.600. The lowest BCUT2D eigenvalue weighted by atomic mass is 10.1. The molecule has 2 heterocycles. The Kier molecular flexibility index (Phi) is 3.06. The highest BCUT2D eigenvalue weighted by Gasteiger charge is 2.37. The highest BCUT2D eigenvalue weighted by atomic mass is 16.6. The summed E-state index contributed by atoms with van der Waals surface area (Å²) >= 11 is 0. The zero-order valence-electron chi connectivity index (χ0n) is 10.8. The van der Waals surface area contributed by atoms with Gasteiger partial charge >= 0.3 is 5.69 Å². The molecule has 2 aliphatic heterocycles. The first kappa shape index (κ1) is 12.9. The summed E-state index contributed by atoms with van der Waals surface area (Å²) in [6, 6.07) is 4.44. The van der Waals surface area contributed by atoms with Gasteiger partial charge in [-0.3, -0.25) is 14.9 Å². The van der Waals surface area contributed by atoms with Crippen LogP contribution in [-0.4, -0.2) is 41.0 Å². The number of para-hydroxylation sites is 1. The Labute approximate surface area is 115 Å². The second-order valence-corrected chi connectivity index (χ2v) is 5.17. The van der Waals surface area contributed by atoms with E-state index in [4.69, 9.17) is 10.5 Å². The first-order chi connectivity index (χ1) is 9.56. The van der Waals surface area contributed by atoms with Crippen LogP contribution >= 0.6 is 0 Å². The summed E-state index contributed by atoms with van der Waals surface area (Å²) in [5.74, 6) is -0.343. The van der Waals surface area contributed by atoms with Crippen molar-refractivity contribution >= 4 is 17.3 Å². The molecule has 1 amide bonds. The fraction of sp³-hybridized carbons (Fsp3) is 0.462. The van der Waals surface area contributed by atoms with Gasteiger partial charge in [0.2, 0.25) is 0 Å². The molecule has 7 heteroatoms. The molecule has 20 heavy (non-hydrogen) atoms. The molecule has 1 aromatic carbocycles. The Morgan fingerprint density at radius 3 is 2.60 bits per heavy atom. The van der Waals surface area contributed by atoms with Gasteiger partial charge in [-0.2, -0.15) is 0 Å². The molecule has 7 nitrogen and oxygen atoms in total. The average molecular weight is 277 g/mol. The Morgan fingerprint density at radius 2 is 2.00 bits per heavy atom. The number of likely N-dealkylation sites (tertiary alicyclic amines) is 1. The van der Waals surface area contributed by atoms with E-state index in [1.54, 1.807) is 11.0 Å². The van der Waals surface area contributed by atoms with Crippen LogP contribution in [0.2, 0.25) is 0 Å². The Balaban J connectivity index is 1.91. The number of carbonyl (C=O) groups excluding carboxylic acids is 1. The van der Waals surface area contributed by atoms with Crippen LogP contribution in [0.3, 0.4) is 0 Å². The number of anilines is 1. The lowest BCUT2D eigenvalue weighted by Gasteiger charge is -2.32. The molecule has 2 atom stereocenters. The number of carbonyl (C=O) groups is 1. The number of fused-ring (bicyclic) bond motifs is 2. The van der Waals surface area contributed by atoms with Crippen molar-refractivity contribution < 1.29 is 14.5 Å². The number of hydrogen-bond donors (Lipinski definition) is 1. The number of nitrogens with zero attached hydrogens (tertiary/aromatic N) is 2. The molecular weight excluding hydrogens is 262 g/mol. The van der Waals surface area contributed by atoms with E-state index in [9.17, 15) is 14.9 Å². The second kappa shape index (κ2) is 4.75. The molecule has 2 saturated heterocycles. The molecule has 2 fully saturated rings. The molecule has 2 N–H and O–H groups in total. The quantitative estimate of drug-likeness (QED) is 0.497. The highest BCUT2D eigenvalue weighted by Crippen LogP contribution is 2.31. The van der Waals surface area contributed by atoms with E-state index < -0.39 is 4.92 Å². The first-order valence-corrected chi connectivity index (χ1v) is 6.54. The standard InChI is InChI=1S/C13H15N3O4/c14-11-3-1-2-10(12(11)16(18)19)13(17)15-6-8-4-5-9(7-15)20-8/h1-3,8-9H,4-7,14H2. The molecule has 2 aliphatic rings. The van der Waals surface area contributed by atoms with Crippen LogP contribution in [0.25, 0.3) is 0 Å². The third kappa shape index (κ3) is 2.09. The Morgan fingerprint density at radius 1 is 1.35 bits per heavy atom. The van der Waals surface area contributed by atoms with Gasteiger partial charge in [-0.15, -0.1) is 0 Å². The first-order valence-electron chi connectivity index (χ1n) is 6.54. The number of ether oxygens (including phenoxy) is 1. The maximum absolute atomic E-state index is 12.5. The molecule has 0 aliphatic carbocycles. The minimum absolute atomic E-state index is 0.0112. The lowest BCUT2D eigenvalue weighted by molar-refractivity contribution is -0.384. The fourth-order valence-corrected chi connectivity index (χ4v) is 2.89. The second-order valence-electron chi connectivity index (χ2n) is 5.17. The minimum Gasteiger partial charge on any atom is -0.393 e. The van der Waals surface area contributed by atoms with Gasteiger partial charge in [0.15, 0.2) is 0 Å². The van der Waals surface area contributed by atoms with Gasteiger partial charge in [-0.25, -0.2) is 0 Å². The predicted molar refractivity (Wildman–Crippen MR) is 71.3 cm³/mol. The maximum atomic E-state index is 12.5. The van der Waals surface area contributed by atoms with E-state index in [1.165, 1.54) is 12.1 Å². The zero-order valence-corrected chi connectivity index (χ0v) is 10.8. The number of benzene rings is 1. The van der Waals surface area contributed by atoms with Crippen LogP contribution in [0.5, 0.6) is 0 Å². The van der Waals surface area contributed by atoms with Crippen molar-refractivity contribution in [3.63, 3.8) is 0 Å². The third-order valence-electron chi connectivity index (χ3n) is 3.81. The molecule has 0 aromatic heterocycles. The van der Waals surface area contributed by atoms with Gasteiger partial charge in [0.1, 0.15) is 11.3 Å². The van der Waals surface area contributed by atoms with Crippen LogP contribution in [0, 0.1) is 10.1 Å². The fourth-order valence-electron chi connectivity index (χ4n) is 2.89. The van der Waals surface area contributed by atoms with Crippen molar-refractivity contribution in [1.82, 2.24) is 4.90 Å². The molecule has 106 valence electrons. The van der Waals surface area contributed by atoms with Crippen molar-refractivity contribution in [2.75, 3.05) is 18.8 Å². The lowest BCUT2D eigenvalue weighted by Crippen LogP contribution is -2.46. The summed E-state index contributed by atoms with van der Waals surface area (Å²) in [7, 11) is 0. The molecule has 2 bridgehead atoms. The number of hydrogen-bond acceptors (Lipinski definition) is 5. The Bertz CT molecular complexity index is 563. The topological polar surface area (TPSA) is 98.7 Å². The molecule has 2 unspecified atom stereocenters. The maximum Gasteiger partial charge on any atom is 0.304 e. The van der Waals surface area contributed by atoms with Crippen LogP contribution in [-0.2, 0) is 4.74 Å². The van der Waals surface area contributed by atoms with Crippen molar-refractivity contribution in [3.8, 4) is 0 Å². The highest BCUT2D eigenvalue weighted by molar-refractivity contribution is 6.00. The summed E-state index contributed by atoms with van der Waals surface area (Å²) in [6.45, 7) is 0.975. The summed E-state index contributed by atoms with van der Waals surface area (Å²) in [5, 5.41) is 11.1. The largest absolute Gasteiger partial charge is 0.393 e. The SMILES string of the molecule is Nc1cccc(C(=O)N2CC3CCC(C2)O3)c1[N+](=O)[O-]. The van der Waals surface area contributed by atoms with Crippen LogP contribution in [0.4, 0.5) is 11.4 Å². The van der Waals surface area contributed by atoms with Gasteiger partial charge in [0.25, 0.3) is 5.91 Å². The van der Waals surface area contributed by atoms with Crippen molar-refractivity contribution in [2.24, 2.45) is 0 Å². The summed E-state index contributed by atoms with van der Waals surface area (Å²) in [4.78, 5) is 24.6.